The summed E-state index contributed by atoms with van der Waals surface area (Å²) in [6.45, 7) is 0. The van der Waals surface area contributed by atoms with E-state index in [4.69, 9.17) is 16.2 Å². The molecular weight excluding hydrogens is 429 g/mol. The third kappa shape index (κ3) is 5.12. The first kappa shape index (κ1) is 21.9. The van der Waals surface area contributed by atoms with Crippen molar-refractivity contribution >= 4 is 22.7 Å². The van der Waals surface area contributed by atoms with Gasteiger partial charge in [0.15, 0.2) is 0 Å². The van der Waals surface area contributed by atoms with Gasteiger partial charge < -0.3 is 16.2 Å². The van der Waals surface area contributed by atoms with E-state index in [-0.39, 0.29) is 5.75 Å². The molecule has 0 aliphatic rings. The molecule has 0 saturated carbocycles. The molecule has 0 atom stereocenters. The molecular formula is C25H19F3N4O. The normalized spacial score (nSPS) is 11.6. The van der Waals surface area contributed by atoms with Gasteiger partial charge in [0.2, 0.25) is 0 Å². The van der Waals surface area contributed by atoms with Crippen LogP contribution < -0.4 is 16.2 Å². The molecule has 4 aromatic carbocycles. The fourth-order valence-electron chi connectivity index (χ4n) is 3.18. The zero-order chi connectivity index (χ0) is 23.4. The molecule has 8 heteroatoms. The molecule has 0 radical (unpaired) electrons. The van der Waals surface area contributed by atoms with Crippen LogP contribution in [0.2, 0.25) is 0 Å². The average molecular weight is 448 g/mol. The van der Waals surface area contributed by atoms with Gasteiger partial charge in [0, 0.05) is 16.8 Å². The number of rotatable bonds is 5. The third-order valence-electron chi connectivity index (χ3n) is 4.81. The van der Waals surface area contributed by atoms with E-state index < -0.39 is 11.7 Å². The molecule has 0 spiro atoms. The molecule has 0 heterocycles. The first-order chi connectivity index (χ1) is 15.8. The number of hydrogen-bond donors (Lipinski definition) is 2. The highest BCUT2D eigenvalue weighted by Gasteiger charge is 2.30. The van der Waals surface area contributed by atoms with Crippen molar-refractivity contribution in [1.82, 2.24) is 0 Å². The van der Waals surface area contributed by atoms with Gasteiger partial charge in [-0.15, -0.1) is 10.2 Å². The van der Waals surface area contributed by atoms with E-state index in [1.165, 1.54) is 12.1 Å². The van der Waals surface area contributed by atoms with Crippen LogP contribution in [0.5, 0.6) is 11.5 Å². The smallest absolute Gasteiger partial charge is 0.416 e. The molecule has 4 aromatic rings. The predicted octanol–water partition coefficient (Wildman–Crippen LogP) is 7.74. The Labute approximate surface area is 188 Å². The second-order valence-corrected chi connectivity index (χ2v) is 7.16. The molecule has 4 N–H and O–H groups in total. The SMILES string of the molecule is Nc1ccc(N=Nc2ccccc2-c2ccccc2Oc2ccc(C(F)(F)F)cc2)c(N)c1. The van der Waals surface area contributed by atoms with Crippen LogP contribution in [-0.2, 0) is 6.18 Å². The maximum atomic E-state index is 12.8. The summed E-state index contributed by atoms with van der Waals surface area (Å²) >= 11 is 0. The molecule has 166 valence electrons. The van der Waals surface area contributed by atoms with E-state index in [1.807, 2.05) is 30.3 Å². The summed E-state index contributed by atoms with van der Waals surface area (Å²) in [7, 11) is 0. The summed E-state index contributed by atoms with van der Waals surface area (Å²) in [5.74, 6) is 0.746. The van der Waals surface area contributed by atoms with Gasteiger partial charge in [-0.05, 0) is 54.6 Å². The van der Waals surface area contributed by atoms with Gasteiger partial charge in [0.05, 0.1) is 16.9 Å². The van der Waals surface area contributed by atoms with Crippen LogP contribution in [-0.4, -0.2) is 0 Å². The number of para-hydroxylation sites is 1. The minimum absolute atomic E-state index is 0.282. The third-order valence-corrected chi connectivity index (χ3v) is 4.81. The minimum Gasteiger partial charge on any atom is -0.457 e. The number of halogens is 3. The average Bonchev–Trinajstić information content (AvgIpc) is 2.79. The number of nitrogens with two attached hydrogens (primary N) is 2. The zero-order valence-electron chi connectivity index (χ0n) is 17.3. The monoisotopic (exact) mass is 448 g/mol. The summed E-state index contributed by atoms with van der Waals surface area (Å²) in [6, 6.07) is 24.0. The summed E-state index contributed by atoms with van der Waals surface area (Å²) in [5.41, 5.74) is 14.4. The van der Waals surface area contributed by atoms with E-state index in [1.54, 1.807) is 36.4 Å². The predicted molar refractivity (Wildman–Crippen MR) is 123 cm³/mol. The van der Waals surface area contributed by atoms with Crippen LogP contribution in [0.4, 0.5) is 35.9 Å². The van der Waals surface area contributed by atoms with Crippen LogP contribution in [0.1, 0.15) is 5.56 Å². The Morgan fingerprint density at radius 1 is 0.667 bits per heavy atom. The number of benzene rings is 4. The van der Waals surface area contributed by atoms with Crippen LogP contribution in [0.3, 0.4) is 0 Å². The van der Waals surface area contributed by atoms with Crippen molar-refractivity contribution in [1.29, 1.82) is 0 Å². The van der Waals surface area contributed by atoms with Crippen molar-refractivity contribution in [3.8, 4) is 22.6 Å². The lowest BCUT2D eigenvalue weighted by Gasteiger charge is -2.13. The van der Waals surface area contributed by atoms with Crippen LogP contribution in [0, 0.1) is 0 Å². The van der Waals surface area contributed by atoms with Crippen molar-refractivity contribution in [3.63, 3.8) is 0 Å². The number of anilines is 2. The number of nitrogens with zero attached hydrogens (tertiary/aromatic N) is 2. The van der Waals surface area contributed by atoms with E-state index >= 15 is 0 Å². The van der Waals surface area contributed by atoms with Crippen molar-refractivity contribution < 1.29 is 17.9 Å². The fourth-order valence-corrected chi connectivity index (χ4v) is 3.18. The Bertz CT molecular complexity index is 1300. The molecule has 0 fully saturated rings. The fraction of sp³-hybridized carbons (Fsp3) is 0.0400. The van der Waals surface area contributed by atoms with E-state index in [0.29, 0.717) is 34.1 Å². The van der Waals surface area contributed by atoms with Crippen molar-refractivity contribution in [2.75, 3.05) is 11.5 Å². The number of ether oxygens (including phenoxy) is 1. The Kier molecular flexibility index (Phi) is 5.99. The zero-order valence-corrected chi connectivity index (χ0v) is 17.3. The second-order valence-electron chi connectivity index (χ2n) is 7.16. The molecule has 0 amide bonds. The van der Waals surface area contributed by atoms with Gasteiger partial charge in [0.1, 0.15) is 17.2 Å². The number of alkyl halides is 3. The highest BCUT2D eigenvalue weighted by Crippen LogP contribution is 2.39. The molecule has 0 aromatic heterocycles. The van der Waals surface area contributed by atoms with Crippen LogP contribution in [0.25, 0.3) is 11.1 Å². The lowest BCUT2D eigenvalue weighted by molar-refractivity contribution is -0.137. The number of hydrogen-bond acceptors (Lipinski definition) is 5. The number of azo groups is 1. The molecule has 5 nitrogen and oxygen atoms in total. The highest BCUT2D eigenvalue weighted by atomic mass is 19.4. The summed E-state index contributed by atoms with van der Waals surface area (Å²) in [5, 5.41) is 8.60. The molecule has 33 heavy (non-hydrogen) atoms. The minimum atomic E-state index is -4.41. The van der Waals surface area contributed by atoms with E-state index in [2.05, 4.69) is 10.2 Å². The van der Waals surface area contributed by atoms with E-state index in [9.17, 15) is 13.2 Å². The Morgan fingerprint density at radius 3 is 2.00 bits per heavy atom. The molecule has 0 saturated heterocycles. The summed E-state index contributed by atoms with van der Waals surface area (Å²) in [6.07, 6.45) is -4.41. The topological polar surface area (TPSA) is 86.0 Å². The van der Waals surface area contributed by atoms with Crippen molar-refractivity contribution in [2.24, 2.45) is 10.2 Å². The Hall–Kier alpha value is -4.33. The second kappa shape index (κ2) is 9.04. The maximum Gasteiger partial charge on any atom is 0.416 e. The molecule has 0 aliphatic carbocycles. The van der Waals surface area contributed by atoms with E-state index in [0.717, 1.165) is 17.7 Å². The van der Waals surface area contributed by atoms with Crippen molar-refractivity contribution in [2.45, 2.75) is 6.18 Å². The van der Waals surface area contributed by atoms with Gasteiger partial charge in [-0.25, -0.2) is 0 Å². The molecule has 0 bridgehead atoms. The summed E-state index contributed by atoms with van der Waals surface area (Å²) in [4.78, 5) is 0. The van der Waals surface area contributed by atoms with Gasteiger partial charge >= 0.3 is 6.18 Å². The number of nitrogen functional groups attached to an aromatic ring is 2. The Balaban J connectivity index is 1.66. The largest absolute Gasteiger partial charge is 0.457 e. The lowest BCUT2D eigenvalue weighted by atomic mass is 10.0. The molecule has 4 rings (SSSR count). The van der Waals surface area contributed by atoms with Gasteiger partial charge in [-0.3, -0.25) is 0 Å². The lowest BCUT2D eigenvalue weighted by Crippen LogP contribution is -2.04. The van der Waals surface area contributed by atoms with Crippen LogP contribution in [0.15, 0.2) is 101 Å². The maximum absolute atomic E-state index is 12.8. The Morgan fingerprint density at radius 2 is 1.30 bits per heavy atom. The van der Waals surface area contributed by atoms with Gasteiger partial charge in [-0.1, -0.05) is 36.4 Å². The van der Waals surface area contributed by atoms with Crippen LogP contribution >= 0.6 is 0 Å². The molecule has 0 unspecified atom stereocenters. The van der Waals surface area contributed by atoms with Crippen molar-refractivity contribution in [3.05, 3.63) is 96.6 Å². The molecule has 0 aliphatic heterocycles. The standard InChI is InChI=1S/C25H19F3N4O/c26-25(27,28)16-9-12-18(13-10-16)33-24-8-4-2-6-20(24)19-5-1-3-7-22(19)31-32-23-14-11-17(29)15-21(23)30/h1-15H,29-30H2. The van der Waals surface area contributed by atoms with Gasteiger partial charge in [-0.2, -0.15) is 13.2 Å². The summed E-state index contributed by atoms with van der Waals surface area (Å²) < 4.78 is 44.4. The van der Waals surface area contributed by atoms with Gasteiger partial charge in [0.25, 0.3) is 0 Å². The first-order valence-electron chi connectivity index (χ1n) is 9.91. The quantitative estimate of drug-likeness (QED) is 0.242. The highest BCUT2D eigenvalue weighted by molar-refractivity contribution is 5.80. The first-order valence-corrected chi connectivity index (χ1v) is 9.91.